The second kappa shape index (κ2) is 10.3. The summed E-state index contributed by atoms with van der Waals surface area (Å²) in [5.41, 5.74) is 4.94. The highest BCUT2D eigenvalue weighted by Crippen LogP contribution is 2.41. The molecule has 0 aliphatic carbocycles. The second-order valence-electron chi connectivity index (χ2n) is 10.9. The minimum absolute atomic E-state index is 0.130. The molecule has 0 radical (unpaired) electrons. The molecule has 6 rings (SSSR count). The Balaban J connectivity index is 1.24. The third kappa shape index (κ3) is 4.94. The lowest BCUT2D eigenvalue weighted by molar-refractivity contribution is 0.190. The molecular weight excluding hydrogens is 448 g/mol. The van der Waals surface area contributed by atoms with E-state index in [1.54, 1.807) is 0 Å². The quantitative estimate of drug-likeness (QED) is 0.500. The first-order valence-electron chi connectivity index (χ1n) is 13.8. The van der Waals surface area contributed by atoms with Crippen molar-refractivity contribution in [1.29, 1.82) is 0 Å². The maximum atomic E-state index is 6.49. The minimum Gasteiger partial charge on any atom is -0.465 e. The van der Waals surface area contributed by atoms with Crippen LogP contribution in [0, 0.1) is 13.8 Å². The summed E-state index contributed by atoms with van der Waals surface area (Å²) in [4.78, 5) is 9.98. The van der Waals surface area contributed by atoms with Crippen LogP contribution in [0.4, 0.5) is 11.4 Å². The maximum Gasteiger partial charge on any atom is 0.193 e. The van der Waals surface area contributed by atoms with Crippen molar-refractivity contribution in [3.8, 4) is 11.5 Å². The van der Waals surface area contributed by atoms with Crippen molar-refractivity contribution in [3.05, 3.63) is 59.7 Å². The Kier molecular flexibility index (Phi) is 6.81. The van der Waals surface area contributed by atoms with Crippen LogP contribution < -0.4 is 19.3 Å². The van der Waals surface area contributed by atoms with E-state index in [9.17, 15) is 0 Å². The molecule has 4 aliphatic rings. The molecule has 0 amide bonds. The van der Waals surface area contributed by atoms with Crippen molar-refractivity contribution < 1.29 is 9.47 Å². The SMILES string of the molecule is Cc1ccc2c(c1)N(CN1CCCCC1)C(/C=C\C1Oc3ccc(C)cc3N1CN1CCCCC1)O2. The van der Waals surface area contributed by atoms with Gasteiger partial charge < -0.3 is 19.3 Å². The van der Waals surface area contributed by atoms with Crippen LogP contribution in [0.2, 0.25) is 0 Å². The number of rotatable bonds is 6. The molecule has 192 valence electrons. The fourth-order valence-corrected chi connectivity index (χ4v) is 5.99. The first-order chi connectivity index (χ1) is 17.6. The third-order valence-corrected chi connectivity index (χ3v) is 8.00. The Morgan fingerprint density at radius 3 is 1.47 bits per heavy atom. The summed E-state index contributed by atoms with van der Waals surface area (Å²) in [6.45, 7) is 10.8. The molecule has 0 bridgehead atoms. The fraction of sp³-hybridized carbons (Fsp3) is 0.533. The lowest BCUT2D eigenvalue weighted by Gasteiger charge is -2.34. The molecule has 4 aliphatic heterocycles. The largest absolute Gasteiger partial charge is 0.465 e. The molecule has 2 atom stereocenters. The van der Waals surface area contributed by atoms with Crippen molar-refractivity contribution in [1.82, 2.24) is 9.80 Å². The smallest absolute Gasteiger partial charge is 0.193 e. The molecule has 2 aromatic rings. The molecule has 4 heterocycles. The summed E-state index contributed by atoms with van der Waals surface area (Å²) < 4.78 is 13.0. The number of nitrogens with zero attached hydrogens (tertiary/aromatic N) is 4. The van der Waals surface area contributed by atoms with Gasteiger partial charge in [0.25, 0.3) is 0 Å². The molecule has 2 unspecified atom stereocenters. The van der Waals surface area contributed by atoms with E-state index in [1.165, 1.54) is 61.0 Å². The summed E-state index contributed by atoms with van der Waals surface area (Å²) in [5, 5.41) is 0. The van der Waals surface area contributed by atoms with Gasteiger partial charge in [-0.05, 0) is 113 Å². The number of fused-ring (bicyclic) bond motifs is 2. The van der Waals surface area contributed by atoms with E-state index in [2.05, 4.69) is 82.0 Å². The van der Waals surface area contributed by atoms with E-state index in [-0.39, 0.29) is 12.5 Å². The molecule has 36 heavy (non-hydrogen) atoms. The summed E-state index contributed by atoms with van der Waals surface area (Å²) in [6, 6.07) is 13.1. The number of ether oxygens (including phenoxy) is 2. The van der Waals surface area contributed by atoms with Gasteiger partial charge in [-0.25, -0.2) is 0 Å². The van der Waals surface area contributed by atoms with E-state index in [0.717, 1.165) is 51.0 Å². The van der Waals surface area contributed by atoms with Crippen molar-refractivity contribution >= 4 is 11.4 Å². The van der Waals surface area contributed by atoms with Crippen LogP contribution in [-0.4, -0.2) is 61.8 Å². The Morgan fingerprint density at radius 2 is 1.06 bits per heavy atom. The number of benzene rings is 2. The van der Waals surface area contributed by atoms with Gasteiger partial charge in [0.05, 0.1) is 24.7 Å². The zero-order valence-electron chi connectivity index (χ0n) is 21.9. The molecule has 2 saturated heterocycles. The van der Waals surface area contributed by atoms with Gasteiger partial charge in [-0.1, -0.05) is 25.0 Å². The van der Waals surface area contributed by atoms with Gasteiger partial charge in [0.15, 0.2) is 12.5 Å². The summed E-state index contributed by atoms with van der Waals surface area (Å²) in [7, 11) is 0. The first-order valence-corrected chi connectivity index (χ1v) is 13.8. The number of hydrogen-bond donors (Lipinski definition) is 0. The van der Waals surface area contributed by atoms with Gasteiger partial charge in [0, 0.05) is 0 Å². The number of anilines is 2. The predicted molar refractivity (Wildman–Crippen MR) is 146 cm³/mol. The molecule has 2 aromatic carbocycles. The van der Waals surface area contributed by atoms with Crippen LogP contribution >= 0.6 is 0 Å². The fourth-order valence-electron chi connectivity index (χ4n) is 5.99. The lowest BCUT2D eigenvalue weighted by atomic mass is 10.1. The minimum atomic E-state index is -0.130. The molecule has 6 nitrogen and oxygen atoms in total. The van der Waals surface area contributed by atoms with Gasteiger partial charge in [0.1, 0.15) is 11.5 Å². The number of aryl methyl sites for hydroxylation is 2. The van der Waals surface area contributed by atoms with E-state index < -0.39 is 0 Å². The van der Waals surface area contributed by atoms with Gasteiger partial charge in [-0.3, -0.25) is 9.80 Å². The molecular formula is C30H40N4O2. The summed E-state index contributed by atoms with van der Waals surface area (Å²) in [5.74, 6) is 1.95. The van der Waals surface area contributed by atoms with Gasteiger partial charge in [-0.2, -0.15) is 0 Å². The summed E-state index contributed by atoms with van der Waals surface area (Å²) in [6.07, 6.45) is 12.0. The Bertz CT molecular complexity index is 1000. The van der Waals surface area contributed by atoms with Crippen LogP contribution in [0.1, 0.15) is 49.7 Å². The molecule has 2 fully saturated rings. The maximum absolute atomic E-state index is 6.49. The van der Waals surface area contributed by atoms with E-state index >= 15 is 0 Å². The van der Waals surface area contributed by atoms with Crippen LogP contribution in [0.25, 0.3) is 0 Å². The highest BCUT2D eigenvalue weighted by Gasteiger charge is 2.34. The van der Waals surface area contributed by atoms with Crippen LogP contribution in [0.15, 0.2) is 48.6 Å². The molecule has 0 saturated carbocycles. The number of piperidine rings is 2. The van der Waals surface area contributed by atoms with Gasteiger partial charge in [-0.15, -0.1) is 0 Å². The summed E-state index contributed by atoms with van der Waals surface area (Å²) >= 11 is 0. The van der Waals surface area contributed by atoms with Crippen molar-refractivity contribution in [2.75, 3.05) is 49.3 Å². The average molecular weight is 489 g/mol. The lowest BCUT2D eigenvalue weighted by Crippen LogP contribution is -2.46. The highest BCUT2D eigenvalue weighted by molar-refractivity contribution is 5.66. The zero-order valence-corrected chi connectivity index (χ0v) is 21.9. The van der Waals surface area contributed by atoms with E-state index in [1.807, 2.05) is 0 Å². The Hall–Kier alpha value is -2.70. The average Bonchev–Trinajstić information content (AvgIpc) is 3.41. The van der Waals surface area contributed by atoms with Crippen molar-refractivity contribution in [2.45, 2.75) is 64.8 Å². The van der Waals surface area contributed by atoms with Crippen LogP contribution in [0.3, 0.4) is 0 Å². The standard InChI is InChI=1S/C30H40N4O2/c1-23-9-11-27-25(19-23)33(21-31-15-5-3-6-16-31)29(35-27)13-14-30-34(22-32-17-7-4-8-18-32)26-20-24(2)10-12-28(26)36-30/h9-14,19-20,29-30H,3-8,15-18,21-22H2,1-2H3/b14-13-. The van der Waals surface area contributed by atoms with Crippen molar-refractivity contribution in [3.63, 3.8) is 0 Å². The van der Waals surface area contributed by atoms with E-state index in [4.69, 9.17) is 9.47 Å². The molecule has 6 heteroatoms. The van der Waals surface area contributed by atoms with Gasteiger partial charge in [0.2, 0.25) is 0 Å². The topological polar surface area (TPSA) is 31.4 Å². The highest BCUT2D eigenvalue weighted by atomic mass is 16.5. The Labute approximate surface area is 216 Å². The third-order valence-electron chi connectivity index (χ3n) is 8.00. The van der Waals surface area contributed by atoms with Gasteiger partial charge >= 0.3 is 0 Å². The Morgan fingerprint density at radius 1 is 0.639 bits per heavy atom. The first kappa shape index (κ1) is 23.7. The number of hydrogen-bond acceptors (Lipinski definition) is 6. The molecule has 0 N–H and O–H groups in total. The van der Waals surface area contributed by atoms with Crippen molar-refractivity contribution in [2.24, 2.45) is 0 Å². The van der Waals surface area contributed by atoms with Crippen LogP contribution in [0.5, 0.6) is 11.5 Å². The molecule has 0 spiro atoms. The van der Waals surface area contributed by atoms with Crippen LogP contribution in [-0.2, 0) is 0 Å². The predicted octanol–water partition coefficient (Wildman–Crippen LogP) is 5.50. The molecule has 0 aromatic heterocycles. The number of likely N-dealkylation sites (tertiary alicyclic amines) is 2. The monoisotopic (exact) mass is 488 g/mol. The normalized spacial score (nSPS) is 24.6. The zero-order chi connectivity index (χ0) is 24.5. The van der Waals surface area contributed by atoms with E-state index in [0.29, 0.717) is 0 Å². The second-order valence-corrected chi connectivity index (χ2v) is 10.9.